The fourth-order valence-corrected chi connectivity index (χ4v) is 1.51. The van der Waals surface area contributed by atoms with Gasteiger partial charge < -0.3 is 9.64 Å². The highest BCUT2D eigenvalue weighted by molar-refractivity contribution is 6.31. The van der Waals surface area contributed by atoms with Crippen LogP contribution in [-0.2, 0) is 4.74 Å². The summed E-state index contributed by atoms with van der Waals surface area (Å²) in [6, 6.07) is 0. The number of hydrogen-bond donors (Lipinski definition) is 0. The van der Waals surface area contributed by atoms with Crippen LogP contribution < -0.4 is 4.90 Å². The molecular weight excluding hydrogens is 260 g/mol. The molecule has 0 unspecified atom stereocenters. The van der Waals surface area contributed by atoms with E-state index in [4.69, 9.17) is 16.3 Å². The molecule has 0 aliphatic carbocycles. The molecule has 8 heteroatoms. The first-order valence-electron chi connectivity index (χ1n) is 5.41. The number of hydrogen-bond acceptors (Lipinski definition) is 6. The number of anilines is 1. The Kier molecular flexibility index (Phi) is 5.24. The van der Waals surface area contributed by atoms with Gasteiger partial charge in [0.05, 0.1) is 17.6 Å². The van der Waals surface area contributed by atoms with Crippen molar-refractivity contribution in [2.24, 2.45) is 0 Å². The van der Waals surface area contributed by atoms with Crippen molar-refractivity contribution in [2.75, 3.05) is 25.1 Å². The van der Waals surface area contributed by atoms with E-state index in [1.54, 1.807) is 11.9 Å². The lowest BCUT2D eigenvalue weighted by molar-refractivity contribution is -0.384. The molecule has 0 saturated carbocycles. The molecule has 0 atom stereocenters. The van der Waals surface area contributed by atoms with Crippen molar-refractivity contribution in [1.82, 2.24) is 9.97 Å². The van der Waals surface area contributed by atoms with E-state index in [-0.39, 0.29) is 22.8 Å². The van der Waals surface area contributed by atoms with Crippen molar-refractivity contribution < 1.29 is 9.66 Å². The summed E-state index contributed by atoms with van der Waals surface area (Å²) in [6.45, 7) is 4.77. The predicted molar refractivity (Wildman–Crippen MR) is 68.1 cm³/mol. The van der Waals surface area contributed by atoms with Gasteiger partial charge in [0.1, 0.15) is 6.33 Å². The van der Waals surface area contributed by atoms with Crippen LogP contribution in [0.2, 0.25) is 5.15 Å². The molecule has 7 nitrogen and oxygen atoms in total. The van der Waals surface area contributed by atoms with Gasteiger partial charge in [-0.25, -0.2) is 9.97 Å². The van der Waals surface area contributed by atoms with Gasteiger partial charge in [-0.05, 0) is 13.8 Å². The van der Waals surface area contributed by atoms with Crippen LogP contribution in [0.15, 0.2) is 6.33 Å². The van der Waals surface area contributed by atoms with Crippen molar-refractivity contribution in [3.8, 4) is 0 Å². The minimum absolute atomic E-state index is 0.113. The molecule has 0 aromatic carbocycles. The second kappa shape index (κ2) is 6.46. The minimum atomic E-state index is -0.586. The van der Waals surface area contributed by atoms with Crippen LogP contribution >= 0.6 is 11.6 Å². The van der Waals surface area contributed by atoms with E-state index in [9.17, 15) is 10.1 Å². The average molecular weight is 275 g/mol. The molecular formula is C10H15ClN4O3. The van der Waals surface area contributed by atoms with Gasteiger partial charge in [0.15, 0.2) is 0 Å². The Balaban J connectivity index is 2.82. The van der Waals surface area contributed by atoms with Crippen molar-refractivity contribution in [2.45, 2.75) is 20.0 Å². The van der Waals surface area contributed by atoms with E-state index in [0.717, 1.165) is 0 Å². The van der Waals surface area contributed by atoms with E-state index in [0.29, 0.717) is 13.2 Å². The third-order valence-corrected chi connectivity index (χ3v) is 2.46. The molecule has 0 aliphatic heterocycles. The largest absolute Gasteiger partial charge is 0.377 e. The summed E-state index contributed by atoms with van der Waals surface area (Å²) in [6.07, 6.45) is 1.31. The Labute approximate surface area is 110 Å². The minimum Gasteiger partial charge on any atom is -0.377 e. The molecule has 18 heavy (non-hydrogen) atoms. The molecule has 0 amide bonds. The molecule has 0 radical (unpaired) electrons. The molecule has 1 rings (SSSR count). The molecule has 0 fully saturated rings. The summed E-state index contributed by atoms with van der Waals surface area (Å²) in [5, 5.41) is 10.7. The third kappa shape index (κ3) is 3.78. The van der Waals surface area contributed by atoms with Gasteiger partial charge in [-0.2, -0.15) is 0 Å². The number of ether oxygens (including phenoxy) is 1. The Hall–Kier alpha value is -1.47. The van der Waals surface area contributed by atoms with Gasteiger partial charge in [0, 0.05) is 13.6 Å². The quantitative estimate of drug-likeness (QED) is 0.448. The van der Waals surface area contributed by atoms with Gasteiger partial charge in [-0.3, -0.25) is 10.1 Å². The summed E-state index contributed by atoms with van der Waals surface area (Å²) in [4.78, 5) is 19.4. The second-order valence-electron chi connectivity index (χ2n) is 3.93. The number of halogens is 1. The smallest absolute Gasteiger partial charge is 0.348 e. The first kappa shape index (κ1) is 14.6. The molecule has 0 spiro atoms. The summed E-state index contributed by atoms with van der Waals surface area (Å²) in [5.41, 5.74) is -0.286. The zero-order valence-electron chi connectivity index (χ0n) is 10.5. The van der Waals surface area contributed by atoms with Crippen molar-refractivity contribution in [3.05, 3.63) is 21.6 Å². The molecule has 0 N–H and O–H groups in total. The normalized spacial score (nSPS) is 10.7. The van der Waals surface area contributed by atoms with Gasteiger partial charge in [0.2, 0.25) is 11.0 Å². The van der Waals surface area contributed by atoms with Crippen molar-refractivity contribution in [1.29, 1.82) is 0 Å². The van der Waals surface area contributed by atoms with E-state index in [2.05, 4.69) is 9.97 Å². The van der Waals surface area contributed by atoms with Crippen molar-refractivity contribution in [3.63, 3.8) is 0 Å². The zero-order chi connectivity index (χ0) is 13.7. The van der Waals surface area contributed by atoms with E-state index >= 15 is 0 Å². The molecule has 1 heterocycles. The predicted octanol–water partition coefficient (Wildman–Crippen LogP) is 1.90. The summed E-state index contributed by atoms with van der Waals surface area (Å²) < 4.78 is 5.38. The lowest BCUT2D eigenvalue weighted by Gasteiger charge is -2.18. The maximum Gasteiger partial charge on any atom is 0.348 e. The number of aromatic nitrogens is 2. The number of rotatable bonds is 6. The standard InChI is InChI=1S/C10H15ClN4O3/c1-7(2)18-5-4-14(3)10-8(15(16)17)9(11)12-6-13-10/h6-7H,4-5H2,1-3H3. The Morgan fingerprint density at radius 3 is 2.78 bits per heavy atom. The SMILES string of the molecule is CC(C)OCCN(C)c1ncnc(Cl)c1[N+](=O)[O-]. The van der Waals surface area contributed by atoms with Crippen LogP contribution in [0.3, 0.4) is 0 Å². The Bertz CT molecular complexity index is 428. The Morgan fingerprint density at radius 1 is 1.56 bits per heavy atom. The van der Waals surface area contributed by atoms with Gasteiger partial charge in [-0.1, -0.05) is 11.6 Å². The number of nitrogens with zero attached hydrogens (tertiary/aromatic N) is 4. The summed E-state index contributed by atoms with van der Waals surface area (Å²) >= 11 is 5.70. The van der Waals surface area contributed by atoms with Gasteiger partial charge in [0.25, 0.3) is 0 Å². The van der Waals surface area contributed by atoms with Gasteiger partial charge >= 0.3 is 5.69 Å². The topological polar surface area (TPSA) is 81.4 Å². The average Bonchev–Trinajstić information content (AvgIpc) is 2.27. The van der Waals surface area contributed by atoms with Crippen LogP contribution in [0.4, 0.5) is 11.5 Å². The van der Waals surface area contributed by atoms with E-state index in [1.807, 2.05) is 13.8 Å². The lowest BCUT2D eigenvalue weighted by Crippen LogP contribution is -2.25. The molecule has 0 aliphatic rings. The third-order valence-electron chi connectivity index (χ3n) is 2.18. The highest BCUT2D eigenvalue weighted by Gasteiger charge is 2.24. The molecule has 100 valence electrons. The number of nitro groups is 1. The maximum atomic E-state index is 10.9. The monoisotopic (exact) mass is 274 g/mol. The fraction of sp³-hybridized carbons (Fsp3) is 0.600. The number of likely N-dealkylation sites (N-methyl/N-ethyl adjacent to an activating group) is 1. The highest BCUT2D eigenvalue weighted by atomic mass is 35.5. The maximum absolute atomic E-state index is 10.9. The Morgan fingerprint density at radius 2 is 2.22 bits per heavy atom. The van der Waals surface area contributed by atoms with E-state index < -0.39 is 4.92 Å². The van der Waals surface area contributed by atoms with Crippen LogP contribution in [-0.4, -0.2) is 41.2 Å². The molecule has 1 aromatic rings. The summed E-state index contributed by atoms with van der Waals surface area (Å²) in [5.74, 6) is 0.187. The summed E-state index contributed by atoms with van der Waals surface area (Å²) in [7, 11) is 1.69. The lowest BCUT2D eigenvalue weighted by atomic mass is 10.4. The molecule has 0 saturated heterocycles. The fourth-order valence-electron chi connectivity index (χ4n) is 1.32. The second-order valence-corrected chi connectivity index (χ2v) is 4.29. The highest BCUT2D eigenvalue weighted by Crippen LogP contribution is 2.30. The molecule has 0 bridgehead atoms. The molecule has 1 aromatic heterocycles. The zero-order valence-corrected chi connectivity index (χ0v) is 11.2. The first-order chi connectivity index (χ1) is 8.43. The van der Waals surface area contributed by atoms with Crippen LogP contribution in [0.1, 0.15) is 13.8 Å². The van der Waals surface area contributed by atoms with Crippen molar-refractivity contribution >= 4 is 23.1 Å². The van der Waals surface area contributed by atoms with Crippen LogP contribution in [0.5, 0.6) is 0 Å². The van der Waals surface area contributed by atoms with Crippen LogP contribution in [0, 0.1) is 10.1 Å². The van der Waals surface area contributed by atoms with Gasteiger partial charge in [-0.15, -0.1) is 0 Å². The van der Waals surface area contributed by atoms with E-state index in [1.165, 1.54) is 6.33 Å². The first-order valence-corrected chi connectivity index (χ1v) is 5.79. The van der Waals surface area contributed by atoms with Crippen LogP contribution in [0.25, 0.3) is 0 Å².